The van der Waals surface area contributed by atoms with Crippen molar-refractivity contribution in [1.29, 1.82) is 0 Å². The van der Waals surface area contributed by atoms with Gasteiger partial charge in [-0.1, -0.05) is 38.3 Å². The van der Waals surface area contributed by atoms with Gasteiger partial charge >= 0.3 is 6.09 Å². The highest BCUT2D eigenvalue weighted by atomic mass is 32.2. The fourth-order valence-corrected chi connectivity index (χ4v) is 2.11. The summed E-state index contributed by atoms with van der Waals surface area (Å²) in [6.45, 7) is 8.32. The van der Waals surface area contributed by atoms with Crippen molar-refractivity contribution in [1.82, 2.24) is 5.32 Å². The smallest absolute Gasteiger partial charge is 0.407 e. The minimum atomic E-state index is -0.491. The molecule has 0 bridgehead atoms. The van der Waals surface area contributed by atoms with Crippen LogP contribution in [0.1, 0.15) is 20.3 Å². The fourth-order valence-electron chi connectivity index (χ4n) is 1.18. The van der Waals surface area contributed by atoms with Crippen molar-refractivity contribution in [2.24, 2.45) is 5.41 Å². The second kappa shape index (κ2) is 9.86. The molecule has 1 amide bonds. The quantitative estimate of drug-likeness (QED) is 0.521. The Labute approximate surface area is 119 Å². The Morgan fingerprint density at radius 1 is 1.42 bits per heavy atom. The zero-order chi connectivity index (χ0) is 14.7. The lowest BCUT2D eigenvalue weighted by molar-refractivity contribution is -0.118. The first-order valence-electron chi connectivity index (χ1n) is 6.11. The Morgan fingerprint density at radius 2 is 2.11 bits per heavy atom. The molecule has 5 nitrogen and oxygen atoms in total. The lowest BCUT2D eigenvalue weighted by Crippen LogP contribution is -2.31. The summed E-state index contributed by atoms with van der Waals surface area (Å²) < 4.78 is 9.67. The van der Waals surface area contributed by atoms with E-state index in [1.165, 1.54) is 17.8 Å². The lowest BCUT2D eigenvalue weighted by atomic mass is 9.91. The predicted octanol–water partition coefficient (Wildman–Crippen LogP) is 2.22. The second-order valence-electron chi connectivity index (χ2n) is 4.58. The number of methoxy groups -OCH3 is 1. The van der Waals surface area contributed by atoms with Crippen molar-refractivity contribution in [2.45, 2.75) is 20.3 Å². The van der Waals surface area contributed by atoms with Crippen LogP contribution >= 0.6 is 11.8 Å². The van der Waals surface area contributed by atoms with Gasteiger partial charge in [-0.15, -0.1) is 0 Å². The van der Waals surface area contributed by atoms with Crippen LogP contribution in [-0.4, -0.2) is 43.8 Å². The Hall–Kier alpha value is -1.01. The van der Waals surface area contributed by atoms with Gasteiger partial charge < -0.3 is 14.8 Å². The summed E-state index contributed by atoms with van der Waals surface area (Å²) in [5.74, 6) is 0.646. The molecule has 0 aromatic heterocycles. The summed E-state index contributed by atoms with van der Waals surface area (Å²) in [6, 6.07) is 0. The lowest BCUT2D eigenvalue weighted by Gasteiger charge is -2.22. The monoisotopic (exact) mass is 289 g/mol. The van der Waals surface area contributed by atoms with Gasteiger partial charge in [-0.05, 0) is 6.42 Å². The van der Waals surface area contributed by atoms with E-state index >= 15 is 0 Å². The van der Waals surface area contributed by atoms with E-state index in [-0.39, 0.29) is 11.7 Å². The molecule has 0 aliphatic carbocycles. The number of thioether (sulfide) groups is 1. The molecule has 0 aliphatic rings. The minimum Gasteiger partial charge on any atom is -0.445 e. The van der Waals surface area contributed by atoms with Gasteiger partial charge in [0, 0.05) is 24.8 Å². The van der Waals surface area contributed by atoms with Crippen molar-refractivity contribution in [3.8, 4) is 0 Å². The molecule has 6 heteroatoms. The number of carbonyl (C=O) groups excluding carboxylic acids is 2. The maximum absolute atomic E-state index is 11.9. The minimum absolute atomic E-state index is 0.103. The molecular formula is C13H23NO4S. The third-order valence-electron chi connectivity index (χ3n) is 2.42. The molecule has 0 saturated heterocycles. The summed E-state index contributed by atoms with van der Waals surface area (Å²) in [5.41, 5.74) is -0.482. The Balaban J connectivity index is 3.91. The number of hydrogen-bond acceptors (Lipinski definition) is 5. The summed E-state index contributed by atoms with van der Waals surface area (Å²) in [5, 5.41) is 2.70. The standard InChI is InChI=1S/C13H23NO4S/c1-5-8-18-12(16)14-7-6-13(2,3)11(15)19-10-9-17-4/h5H,1,6-10H2,2-4H3,(H,14,16). The summed E-state index contributed by atoms with van der Waals surface area (Å²) in [7, 11) is 1.61. The van der Waals surface area contributed by atoms with Crippen molar-refractivity contribution >= 4 is 23.0 Å². The van der Waals surface area contributed by atoms with Crippen LogP contribution in [0, 0.1) is 5.41 Å². The first-order valence-corrected chi connectivity index (χ1v) is 7.10. The van der Waals surface area contributed by atoms with E-state index in [0.29, 0.717) is 25.3 Å². The maximum atomic E-state index is 11.9. The molecule has 0 fully saturated rings. The first-order chi connectivity index (χ1) is 8.94. The summed E-state index contributed by atoms with van der Waals surface area (Å²) in [4.78, 5) is 23.1. The maximum Gasteiger partial charge on any atom is 0.407 e. The molecule has 0 radical (unpaired) electrons. The number of carbonyl (C=O) groups is 2. The van der Waals surface area contributed by atoms with Gasteiger partial charge in [0.15, 0.2) is 5.12 Å². The first kappa shape index (κ1) is 18.0. The average Bonchev–Trinajstić information content (AvgIpc) is 2.36. The van der Waals surface area contributed by atoms with E-state index in [2.05, 4.69) is 11.9 Å². The van der Waals surface area contributed by atoms with Gasteiger partial charge in [0.05, 0.1) is 6.61 Å². The van der Waals surface area contributed by atoms with Crippen LogP contribution in [0.4, 0.5) is 4.79 Å². The Bertz CT molecular complexity index is 305. The van der Waals surface area contributed by atoms with Crippen LogP contribution in [0.5, 0.6) is 0 Å². The normalized spacial score (nSPS) is 10.9. The van der Waals surface area contributed by atoms with Crippen LogP contribution in [0.25, 0.3) is 0 Å². The molecule has 0 heterocycles. The number of amides is 1. The molecule has 0 aromatic rings. The third-order valence-corrected chi connectivity index (χ3v) is 3.61. The molecule has 0 atom stereocenters. The molecule has 1 N–H and O–H groups in total. The summed E-state index contributed by atoms with van der Waals surface area (Å²) >= 11 is 1.26. The largest absolute Gasteiger partial charge is 0.445 e. The summed E-state index contributed by atoms with van der Waals surface area (Å²) in [6.07, 6.45) is 1.57. The molecule has 0 aromatic carbocycles. The van der Waals surface area contributed by atoms with Gasteiger partial charge in [-0.2, -0.15) is 0 Å². The van der Waals surface area contributed by atoms with Crippen molar-refractivity contribution < 1.29 is 19.1 Å². The Kier molecular flexibility index (Phi) is 9.34. The fraction of sp³-hybridized carbons (Fsp3) is 0.692. The van der Waals surface area contributed by atoms with E-state index < -0.39 is 11.5 Å². The zero-order valence-electron chi connectivity index (χ0n) is 11.9. The molecule has 0 rings (SSSR count). The zero-order valence-corrected chi connectivity index (χ0v) is 12.7. The molecule has 19 heavy (non-hydrogen) atoms. The third kappa shape index (κ3) is 8.67. The van der Waals surface area contributed by atoms with Crippen molar-refractivity contribution in [3.63, 3.8) is 0 Å². The molecule has 0 saturated carbocycles. The van der Waals surface area contributed by atoms with E-state index in [4.69, 9.17) is 9.47 Å². The number of ether oxygens (including phenoxy) is 2. The van der Waals surface area contributed by atoms with Crippen LogP contribution in [0.15, 0.2) is 12.7 Å². The number of rotatable bonds is 9. The Morgan fingerprint density at radius 3 is 2.68 bits per heavy atom. The van der Waals surface area contributed by atoms with E-state index in [0.717, 1.165) is 0 Å². The average molecular weight is 289 g/mol. The highest BCUT2D eigenvalue weighted by Crippen LogP contribution is 2.27. The number of hydrogen-bond donors (Lipinski definition) is 1. The predicted molar refractivity (Wildman–Crippen MR) is 77.3 cm³/mol. The van der Waals surface area contributed by atoms with Crippen LogP contribution < -0.4 is 5.32 Å². The van der Waals surface area contributed by atoms with Gasteiger partial charge in [0.25, 0.3) is 0 Å². The number of alkyl carbamates (subject to hydrolysis) is 1. The molecule has 0 unspecified atom stereocenters. The van der Waals surface area contributed by atoms with Crippen molar-refractivity contribution in [2.75, 3.05) is 32.6 Å². The van der Waals surface area contributed by atoms with Crippen molar-refractivity contribution in [3.05, 3.63) is 12.7 Å². The molecular weight excluding hydrogens is 266 g/mol. The van der Waals surface area contributed by atoms with Crippen LogP contribution in [-0.2, 0) is 14.3 Å². The molecule has 0 aliphatic heterocycles. The molecule has 110 valence electrons. The second-order valence-corrected chi connectivity index (χ2v) is 5.64. The SMILES string of the molecule is C=CCOC(=O)NCCC(C)(C)C(=O)SCCOC. The van der Waals surface area contributed by atoms with Gasteiger partial charge in [-0.3, -0.25) is 4.79 Å². The topological polar surface area (TPSA) is 64.6 Å². The van der Waals surface area contributed by atoms with E-state index in [9.17, 15) is 9.59 Å². The van der Waals surface area contributed by atoms with Crippen LogP contribution in [0.2, 0.25) is 0 Å². The van der Waals surface area contributed by atoms with E-state index in [1.54, 1.807) is 7.11 Å². The van der Waals surface area contributed by atoms with Gasteiger partial charge in [0.1, 0.15) is 6.61 Å². The number of nitrogens with one attached hydrogen (secondary N) is 1. The highest BCUT2D eigenvalue weighted by molar-refractivity contribution is 8.13. The van der Waals surface area contributed by atoms with Gasteiger partial charge in [0.2, 0.25) is 0 Å². The van der Waals surface area contributed by atoms with Gasteiger partial charge in [-0.25, -0.2) is 4.79 Å². The van der Waals surface area contributed by atoms with E-state index in [1.807, 2.05) is 13.8 Å². The molecule has 0 spiro atoms. The highest BCUT2D eigenvalue weighted by Gasteiger charge is 2.27. The van der Waals surface area contributed by atoms with Crippen LogP contribution in [0.3, 0.4) is 0 Å².